The number of hydrogen-bond acceptors (Lipinski definition) is 2. The van der Waals surface area contributed by atoms with Crippen molar-refractivity contribution in [1.82, 2.24) is 4.90 Å². The lowest BCUT2D eigenvalue weighted by Gasteiger charge is -2.33. The Morgan fingerprint density at radius 2 is 2.27 bits per heavy atom. The van der Waals surface area contributed by atoms with Gasteiger partial charge in [-0.1, -0.05) is 6.92 Å². The number of aliphatic hydroxyl groups is 1. The number of rotatable bonds is 0. The van der Waals surface area contributed by atoms with Crippen LogP contribution < -0.4 is 0 Å². The highest BCUT2D eigenvalue weighted by Gasteiger charge is 2.25. The monoisotopic (exact) mass is 157 g/mol. The highest BCUT2D eigenvalue weighted by Crippen LogP contribution is 2.16. The fourth-order valence-electron chi connectivity index (χ4n) is 1.33. The third kappa shape index (κ3) is 1.93. The van der Waals surface area contributed by atoms with Gasteiger partial charge in [0, 0.05) is 20.0 Å². The normalized spacial score (nSPS) is 32.1. The molecule has 64 valence electrons. The molecule has 1 amide bonds. The molecule has 0 aromatic carbocycles. The van der Waals surface area contributed by atoms with Crippen LogP contribution in [0.25, 0.3) is 0 Å². The van der Waals surface area contributed by atoms with Gasteiger partial charge in [0.25, 0.3) is 0 Å². The maximum absolute atomic E-state index is 10.9. The van der Waals surface area contributed by atoms with Crippen molar-refractivity contribution in [2.24, 2.45) is 5.92 Å². The molecule has 0 spiro atoms. The highest BCUT2D eigenvalue weighted by molar-refractivity contribution is 5.73. The fourth-order valence-corrected chi connectivity index (χ4v) is 1.33. The zero-order valence-electron chi connectivity index (χ0n) is 7.08. The van der Waals surface area contributed by atoms with E-state index in [4.69, 9.17) is 0 Å². The van der Waals surface area contributed by atoms with Crippen LogP contribution in [0.15, 0.2) is 0 Å². The van der Waals surface area contributed by atoms with E-state index in [1.807, 2.05) is 6.92 Å². The maximum atomic E-state index is 10.9. The lowest BCUT2D eigenvalue weighted by atomic mass is 9.96. The second kappa shape index (κ2) is 3.22. The number of hydrogen-bond donors (Lipinski definition) is 1. The van der Waals surface area contributed by atoms with Gasteiger partial charge in [-0.15, -0.1) is 0 Å². The van der Waals surface area contributed by atoms with Crippen molar-refractivity contribution in [3.8, 4) is 0 Å². The average molecular weight is 157 g/mol. The van der Waals surface area contributed by atoms with Crippen LogP contribution in [0.2, 0.25) is 0 Å². The second-order valence-electron chi connectivity index (χ2n) is 3.30. The Kier molecular flexibility index (Phi) is 2.49. The van der Waals surface area contributed by atoms with E-state index in [1.165, 1.54) is 0 Å². The van der Waals surface area contributed by atoms with Gasteiger partial charge < -0.3 is 10.0 Å². The summed E-state index contributed by atoms with van der Waals surface area (Å²) >= 11 is 0. The van der Waals surface area contributed by atoms with Gasteiger partial charge in [-0.2, -0.15) is 0 Å². The van der Waals surface area contributed by atoms with E-state index in [9.17, 15) is 9.90 Å². The minimum absolute atomic E-state index is 0.0657. The first-order valence-corrected chi connectivity index (χ1v) is 4.05. The lowest BCUT2D eigenvalue weighted by Crippen LogP contribution is -2.44. The summed E-state index contributed by atoms with van der Waals surface area (Å²) in [5.74, 6) is 0.404. The Balaban J connectivity index is 2.46. The first kappa shape index (κ1) is 8.53. The van der Waals surface area contributed by atoms with E-state index in [2.05, 4.69) is 0 Å². The molecule has 0 aliphatic carbocycles. The van der Waals surface area contributed by atoms with Crippen LogP contribution in [0.5, 0.6) is 0 Å². The van der Waals surface area contributed by atoms with E-state index in [-0.39, 0.29) is 12.0 Å². The first-order valence-electron chi connectivity index (χ1n) is 4.05. The molecule has 2 atom stereocenters. The Hall–Kier alpha value is -0.570. The van der Waals surface area contributed by atoms with Gasteiger partial charge in [-0.3, -0.25) is 4.79 Å². The van der Waals surface area contributed by atoms with Gasteiger partial charge in [-0.25, -0.2) is 0 Å². The number of aliphatic hydroxyl groups excluding tert-OH is 1. The molecule has 0 unspecified atom stereocenters. The van der Waals surface area contributed by atoms with Crippen molar-refractivity contribution >= 4 is 5.91 Å². The number of amides is 1. The van der Waals surface area contributed by atoms with Crippen LogP contribution in [0.1, 0.15) is 20.3 Å². The second-order valence-corrected chi connectivity index (χ2v) is 3.30. The van der Waals surface area contributed by atoms with Crippen LogP contribution >= 0.6 is 0 Å². The molecular formula is C8H15NO2. The number of nitrogens with zero attached hydrogens (tertiary/aromatic N) is 1. The van der Waals surface area contributed by atoms with Gasteiger partial charge in [0.1, 0.15) is 0 Å². The molecule has 1 aliphatic heterocycles. The number of β-amino-alcohol motifs (C(OH)–C–C–N with tert-alkyl or cyclic N) is 1. The Bertz CT molecular complexity index is 158. The topological polar surface area (TPSA) is 40.5 Å². The average Bonchev–Trinajstić information content (AvgIpc) is 1.94. The minimum atomic E-state index is -0.326. The summed E-state index contributed by atoms with van der Waals surface area (Å²) in [7, 11) is 0. The molecule has 1 fully saturated rings. The summed E-state index contributed by atoms with van der Waals surface area (Å²) < 4.78 is 0. The van der Waals surface area contributed by atoms with Crippen molar-refractivity contribution in [3.63, 3.8) is 0 Å². The van der Waals surface area contributed by atoms with Crippen molar-refractivity contribution in [2.45, 2.75) is 26.4 Å². The summed E-state index contributed by atoms with van der Waals surface area (Å²) in [4.78, 5) is 12.6. The van der Waals surface area contributed by atoms with Crippen LogP contribution in [-0.2, 0) is 4.79 Å². The van der Waals surface area contributed by atoms with Crippen molar-refractivity contribution < 1.29 is 9.90 Å². The minimum Gasteiger partial charge on any atom is -0.391 e. The summed E-state index contributed by atoms with van der Waals surface area (Å²) in [6, 6.07) is 0. The molecular weight excluding hydrogens is 142 g/mol. The van der Waals surface area contributed by atoms with E-state index in [0.717, 1.165) is 13.0 Å². The molecule has 0 aromatic rings. The third-order valence-electron chi connectivity index (χ3n) is 2.36. The fraction of sp³-hybridized carbons (Fsp3) is 0.875. The van der Waals surface area contributed by atoms with Crippen LogP contribution in [0, 0.1) is 5.92 Å². The van der Waals surface area contributed by atoms with Gasteiger partial charge in [0.2, 0.25) is 5.91 Å². The standard InChI is InChI=1S/C8H15NO2/c1-6-3-4-9(7(2)10)5-8(6)11/h6,8,11H,3-5H2,1-2H3/t6-,8-/m0/s1. The molecule has 11 heavy (non-hydrogen) atoms. The molecule has 0 bridgehead atoms. The van der Waals surface area contributed by atoms with Gasteiger partial charge >= 0.3 is 0 Å². The molecule has 0 aromatic heterocycles. The first-order chi connectivity index (χ1) is 5.11. The molecule has 1 aliphatic rings. The van der Waals surface area contributed by atoms with E-state index < -0.39 is 0 Å². The van der Waals surface area contributed by atoms with Crippen LogP contribution in [0.3, 0.4) is 0 Å². The smallest absolute Gasteiger partial charge is 0.219 e. The van der Waals surface area contributed by atoms with Crippen LogP contribution in [-0.4, -0.2) is 35.1 Å². The highest BCUT2D eigenvalue weighted by atomic mass is 16.3. The Morgan fingerprint density at radius 3 is 2.73 bits per heavy atom. The van der Waals surface area contributed by atoms with Crippen molar-refractivity contribution in [2.75, 3.05) is 13.1 Å². The van der Waals surface area contributed by atoms with E-state index >= 15 is 0 Å². The lowest BCUT2D eigenvalue weighted by molar-refractivity contribution is -0.133. The zero-order valence-corrected chi connectivity index (χ0v) is 7.08. The molecule has 1 N–H and O–H groups in total. The van der Waals surface area contributed by atoms with E-state index in [1.54, 1.807) is 11.8 Å². The van der Waals surface area contributed by atoms with E-state index in [0.29, 0.717) is 12.5 Å². The molecule has 0 radical (unpaired) electrons. The predicted molar refractivity (Wildman–Crippen MR) is 42.0 cm³/mol. The quantitative estimate of drug-likeness (QED) is 0.547. The van der Waals surface area contributed by atoms with Gasteiger partial charge in [0.15, 0.2) is 0 Å². The predicted octanol–water partition coefficient (Wildman–Crippen LogP) is 0.236. The number of carbonyl (C=O) groups excluding carboxylic acids is 1. The Morgan fingerprint density at radius 1 is 1.64 bits per heavy atom. The third-order valence-corrected chi connectivity index (χ3v) is 2.36. The Labute approximate surface area is 67.0 Å². The van der Waals surface area contributed by atoms with Gasteiger partial charge in [0.05, 0.1) is 6.10 Å². The summed E-state index contributed by atoms with van der Waals surface area (Å²) in [5, 5.41) is 9.40. The zero-order chi connectivity index (χ0) is 8.43. The molecule has 1 saturated heterocycles. The number of carbonyl (C=O) groups is 1. The molecule has 3 nitrogen and oxygen atoms in total. The molecule has 1 rings (SSSR count). The van der Waals surface area contributed by atoms with Crippen molar-refractivity contribution in [1.29, 1.82) is 0 Å². The summed E-state index contributed by atoms with van der Waals surface area (Å²) in [6.45, 7) is 4.87. The van der Waals surface area contributed by atoms with Crippen molar-refractivity contribution in [3.05, 3.63) is 0 Å². The maximum Gasteiger partial charge on any atom is 0.219 e. The molecule has 3 heteroatoms. The molecule has 1 heterocycles. The summed E-state index contributed by atoms with van der Waals surface area (Å²) in [6.07, 6.45) is 0.591. The molecule has 0 saturated carbocycles. The van der Waals surface area contributed by atoms with Gasteiger partial charge in [-0.05, 0) is 12.3 Å². The summed E-state index contributed by atoms with van der Waals surface area (Å²) in [5.41, 5.74) is 0. The largest absolute Gasteiger partial charge is 0.391 e. The number of likely N-dealkylation sites (tertiary alicyclic amines) is 1. The van der Waals surface area contributed by atoms with Crippen LogP contribution in [0.4, 0.5) is 0 Å². The SMILES string of the molecule is CC(=O)N1CC[C@H](C)[C@@H](O)C1. The number of piperidine rings is 1.